The van der Waals surface area contributed by atoms with Crippen molar-refractivity contribution in [1.29, 1.82) is 0 Å². The van der Waals surface area contributed by atoms with Crippen molar-refractivity contribution in [3.8, 4) is 44.5 Å². The van der Waals surface area contributed by atoms with Gasteiger partial charge in [0.15, 0.2) is 0 Å². The SMILES string of the molecule is CC(=O)Nc1ccc(-c2c3nc(c(-c4ccc(Br)cc4)c4ccc([nH]4)c(-c4ccc(Br)cc4)c4nc(c(-c5ccc(Br)cc5)c5ccc2[nH]5)C=C4)C=C3)cc1. The van der Waals surface area contributed by atoms with E-state index >= 15 is 0 Å². The molecule has 0 saturated carbocycles. The van der Waals surface area contributed by atoms with E-state index in [-0.39, 0.29) is 5.91 Å². The van der Waals surface area contributed by atoms with Gasteiger partial charge in [-0.3, -0.25) is 4.79 Å². The van der Waals surface area contributed by atoms with E-state index in [4.69, 9.17) is 9.97 Å². The minimum absolute atomic E-state index is 0.119. The van der Waals surface area contributed by atoms with Crippen LogP contribution in [0.15, 0.2) is 135 Å². The summed E-state index contributed by atoms with van der Waals surface area (Å²) in [5.74, 6) is -0.119. The molecule has 0 saturated heterocycles. The molecule has 9 rings (SSSR count). The number of hydrogen-bond acceptors (Lipinski definition) is 3. The molecule has 3 N–H and O–H groups in total. The van der Waals surface area contributed by atoms with Crippen LogP contribution in [0.4, 0.5) is 5.69 Å². The number of hydrogen-bond donors (Lipinski definition) is 3. The monoisotopic (exact) mass is 905 g/mol. The summed E-state index contributed by atoms with van der Waals surface area (Å²) in [5, 5.41) is 2.89. The average Bonchev–Trinajstić information content (AvgIpc) is 4.02. The van der Waals surface area contributed by atoms with Gasteiger partial charge in [0.05, 0.1) is 22.8 Å². The van der Waals surface area contributed by atoms with Gasteiger partial charge in [0.25, 0.3) is 0 Å². The number of carbonyl (C=O) groups is 1. The zero-order chi connectivity index (χ0) is 37.6. The second kappa shape index (κ2) is 14.6. The Labute approximate surface area is 342 Å². The molecular formula is C46H30Br3N5O. The van der Waals surface area contributed by atoms with E-state index in [0.29, 0.717) is 0 Å². The Kier molecular flexibility index (Phi) is 9.30. The molecule has 9 heteroatoms. The molecule has 0 aliphatic carbocycles. The van der Waals surface area contributed by atoms with Crippen LogP contribution >= 0.6 is 47.8 Å². The first-order chi connectivity index (χ1) is 26.8. The highest BCUT2D eigenvalue weighted by Gasteiger charge is 2.19. The van der Waals surface area contributed by atoms with Crippen LogP contribution in [0.3, 0.4) is 0 Å². The van der Waals surface area contributed by atoms with Gasteiger partial charge in [0.2, 0.25) is 5.91 Å². The Morgan fingerprint density at radius 3 is 0.982 bits per heavy atom. The lowest BCUT2D eigenvalue weighted by molar-refractivity contribution is -0.114. The first-order valence-electron chi connectivity index (χ1n) is 17.6. The highest BCUT2D eigenvalue weighted by atomic mass is 79.9. The molecule has 7 aromatic rings. The predicted octanol–water partition coefficient (Wildman–Crippen LogP) is 13.6. The van der Waals surface area contributed by atoms with E-state index in [9.17, 15) is 4.79 Å². The quantitative estimate of drug-likeness (QED) is 0.161. The van der Waals surface area contributed by atoms with Crippen LogP contribution in [0.5, 0.6) is 0 Å². The summed E-state index contributed by atoms with van der Waals surface area (Å²) < 4.78 is 3.00. The number of benzene rings is 4. The molecule has 266 valence electrons. The molecule has 0 fully saturated rings. The Hall–Kier alpha value is -5.61. The maximum atomic E-state index is 11.8. The van der Waals surface area contributed by atoms with Crippen LogP contribution in [0, 0.1) is 0 Å². The fourth-order valence-electron chi connectivity index (χ4n) is 7.19. The highest BCUT2D eigenvalue weighted by Crippen LogP contribution is 2.39. The van der Waals surface area contributed by atoms with Crippen molar-refractivity contribution in [1.82, 2.24) is 19.9 Å². The lowest BCUT2D eigenvalue weighted by atomic mass is 10.0. The number of amides is 1. The first kappa shape index (κ1) is 35.1. The Balaban J connectivity index is 1.44. The van der Waals surface area contributed by atoms with Crippen molar-refractivity contribution in [2.24, 2.45) is 0 Å². The summed E-state index contributed by atoms with van der Waals surface area (Å²) in [7, 11) is 0. The molecule has 1 amide bonds. The van der Waals surface area contributed by atoms with Crippen molar-refractivity contribution in [2.45, 2.75) is 6.92 Å². The smallest absolute Gasteiger partial charge is 0.221 e. The zero-order valence-electron chi connectivity index (χ0n) is 29.3. The Morgan fingerprint density at radius 2 is 0.709 bits per heavy atom. The van der Waals surface area contributed by atoms with E-state index in [1.165, 1.54) is 6.92 Å². The largest absolute Gasteiger partial charge is 0.354 e. The molecular weight excluding hydrogens is 878 g/mol. The molecule has 0 radical (unpaired) electrons. The fourth-order valence-corrected chi connectivity index (χ4v) is 7.99. The molecule has 0 atom stereocenters. The van der Waals surface area contributed by atoms with Crippen molar-refractivity contribution >= 4 is 106 Å². The molecule has 0 unspecified atom stereocenters. The predicted molar refractivity (Wildman–Crippen MR) is 238 cm³/mol. The molecule has 55 heavy (non-hydrogen) atoms. The number of rotatable bonds is 5. The molecule has 5 heterocycles. The lowest BCUT2D eigenvalue weighted by Gasteiger charge is -2.08. The number of aromatic nitrogens is 4. The number of anilines is 1. The standard InChI is InChI=1S/C46H30Br3N5O/c1-26(55)50-34-16-8-30(9-17-34)46-41-24-22-39(53-41)44(28-4-12-32(48)13-5-28)37-20-18-35(51-37)43(27-2-10-31(47)11-3-27)36-19-21-38(52-36)45(40-23-25-42(46)54-40)29-6-14-33(49)15-7-29/h2-25,51,54H,1H3,(H,50,55). The van der Waals surface area contributed by atoms with Crippen LogP contribution in [-0.2, 0) is 4.79 Å². The maximum Gasteiger partial charge on any atom is 0.221 e. The van der Waals surface area contributed by atoms with E-state index < -0.39 is 0 Å². The first-order valence-corrected chi connectivity index (χ1v) is 20.0. The second-order valence-corrected chi connectivity index (χ2v) is 16.0. The second-order valence-electron chi connectivity index (χ2n) is 13.3. The van der Waals surface area contributed by atoms with E-state index in [1.807, 2.05) is 24.3 Å². The van der Waals surface area contributed by atoms with Crippen LogP contribution in [0.2, 0.25) is 0 Å². The van der Waals surface area contributed by atoms with Gasteiger partial charge in [-0.2, -0.15) is 0 Å². The number of H-pyrrole nitrogens is 2. The van der Waals surface area contributed by atoms with Crippen molar-refractivity contribution in [3.05, 3.63) is 158 Å². The number of nitrogens with one attached hydrogen (secondary N) is 3. The van der Waals surface area contributed by atoms with E-state index in [0.717, 1.165) is 108 Å². The van der Waals surface area contributed by atoms with Crippen LogP contribution in [0.1, 0.15) is 29.7 Å². The number of fused-ring (bicyclic) bond motifs is 8. The summed E-state index contributed by atoms with van der Waals surface area (Å²) in [6.07, 6.45) is 8.37. The van der Waals surface area contributed by atoms with Crippen LogP contribution < -0.4 is 5.32 Å². The van der Waals surface area contributed by atoms with Crippen molar-refractivity contribution in [3.63, 3.8) is 0 Å². The molecule has 3 aromatic heterocycles. The van der Waals surface area contributed by atoms with Crippen molar-refractivity contribution in [2.75, 3.05) is 5.32 Å². The summed E-state index contributed by atoms with van der Waals surface area (Å²) in [5.41, 5.74) is 15.7. The maximum absolute atomic E-state index is 11.8. The third kappa shape index (κ3) is 6.95. The van der Waals surface area contributed by atoms with Gasteiger partial charge in [-0.25, -0.2) is 9.97 Å². The third-order valence-electron chi connectivity index (χ3n) is 9.65. The summed E-state index contributed by atoms with van der Waals surface area (Å²) in [4.78, 5) is 30.2. The molecule has 8 bridgehead atoms. The normalized spacial score (nSPS) is 11.9. The van der Waals surface area contributed by atoms with Gasteiger partial charge in [0.1, 0.15) is 0 Å². The lowest BCUT2D eigenvalue weighted by Crippen LogP contribution is -2.05. The minimum Gasteiger partial charge on any atom is -0.354 e. The van der Waals surface area contributed by atoms with Gasteiger partial charge in [0, 0.05) is 70.3 Å². The zero-order valence-corrected chi connectivity index (χ0v) is 34.1. The summed E-state index contributed by atoms with van der Waals surface area (Å²) in [6.45, 7) is 1.51. The average molecular weight is 908 g/mol. The highest BCUT2D eigenvalue weighted by molar-refractivity contribution is 9.11. The molecule has 6 nitrogen and oxygen atoms in total. The van der Waals surface area contributed by atoms with E-state index in [2.05, 4.69) is 184 Å². The van der Waals surface area contributed by atoms with Gasteiger partial charge >= 0.3 is 0 Å². The van der Waals surface area contributed by atoms with Crippen LogP contribution in [-0.4, -0.2) is 25.8 Å². The molecule has 0 spiro atoms. The Bertz CT molecular complexity index is 2830. The number of aromatic amines is 2. The topological polar surface area (TPSA) is 86.5 Å². The molecule has 4 aromatic carbocycles. The molecule has 2 aliphatic rings. The van der Waals surface area contributed by atoms with Crippen molar-refractivity contribution < 1.29 is 4.79 Å². The van der Waals surface area contributed by atoms with Crippen LogP contribution in [0.25, 0.3) is 90.9 Å². The molecule has 2 aliphatic heterocycles. The number of carbonyl (C=O) groups excluding carboxylic acids is 1. The van der Waals surface area contributed by atoms with Gasteiger partial charge in [-0.05, 0) is 119 Å². The minimum atomic E-state index is -0.119. The van der Waals surface area contributed by atoms with Gasteiger partial charge in [-0.15, -0.1) is 0 Å². The number of nitrogens with zero attached hydrogens (tertiary/aromatic N) is 2. The van der Waals surface area contributed by atoms with Gasteiger partial charge in [-0.1, -0.05) is 96.3 Å². The summed E-state index contributed by atoms with van der Waals surface area (Å²) >= 11 is 10.9. The summed E-state index contributed by atoms with van der Waals surface area (Å²) in [6, 6.07) is 41.4. The third-order valence-corrected chi connectivity index (χ3v) is 11.2. The number of halogens is 3. The van der Waals surface area contributed by atoms with E-state index in [1.54, 1.807) is 0 Å². The fraction of sp³-hybridized carbons (Fsp3) is 0.0217. The van der Waals surface area contributed by atoms with Gasteiger partial charge < -0.3 is 15.3 Å². The Morgan fingerprint density at radius 1 is 0.436 bits per heavy atom.